The summed E-state index contributed by atoms with van der Waals surface area (Å²) in [5.41, 5.74) is 5.27. The number of carbonyl (C=O) groups excluding carboxylic acids is 1. The zero-order chi connectivity index (χ0) is 17.5. The Balaban J connectivity index is 1.53. The number of ketones is 1. The summed E-state index contributed by atoms with van der Waals surface area (Å²) in [6, 6.07) is 16.2. The molecule has 3 aromatic rings. The lowest BCUT2D eigenvalue weighted by atomic mass is 9.93. The maximum Gasteiger partial charge on any atom is 0.193 e. The van der Waals surface area contributed by atoms with Crippen molar-refractivity contribution in [1.82, 2.24) is 9.88 Å². The molecule has 2 aliphatic rings. The van der Waals surface area contributed by atoms with Gasteiger partial charge >= 0.3 is 0 Å². The van der Waals surface area contributed by atoms with Crippen molar-refractivity contribution in [2.24, 2.45) is 0 Å². The maximum atomic E-state index is 12.8. The molecule has 0 radical (unpaired) electrons. The number of fused-ring (bicyclic) bond motifs is 2. The summed E-state index contributed by atoms with van der Waals surface area (Å²) >= 11 is 0. The summed E-state index contributed by atoms with van der Waals surface area (Å²) in [6.07, 6.45) is 8.21. The lowest BCUT2D eigenvalue weighted by Crippen LogP contribution is -2.32. The summed E-state index contributed by atoms with van der Waals surface area (Å²) in [5, 5.41) is 1.16. The van der Waals surface area contributed by atoms with Crippen molar-refractivity contribution in [2.45, 2.75) is 25.3 Å². The second-order valence-corrected chi connectivity index (χ2v) is 7.38. The molecular formula is C23H22N2O. The van der Waals surface area contributed by atoms with Gasteiger partial charge in [-0.1, -0.05) is 36.4 Å². The summed E-state index contributed by atoms with van der Waals surface area (Å²) in [4.78, 5) is 18.8. The highest BCUT2D eigenvalue weighted by Crippen LogP contribution is 2.35. The van der Waals surface area contributed by atoms with E-state index in [0.717, 1.165) is 35.0 Å². The largest absolute Gasteiger partial charge is 0.361 e. The van der Waals surface area contributed by atoms with Crippen LogP contribution in [0.25, 0.3) is 16.5 Å². The fraction of sp³-hybridized carbons (Fsp3) is 0.261. The molecule has 0 saturated carbocycles. The predicted octanol–water partition coefficient (Wildman–Crippen LogP) is 4.65. The number of nitrogens with zero attached hydrogens (tertiary/aromatic N) is 1. The van der Waals surface area contributed by atoms with Gasteiger partial charge in [0, 0.05) is 46.4 Å². The van der Waals surface area contributed by atoms with Crippen LogP contribution in [0.15, 0.2) is 60.8 Å². The van der Waals surface area contributed by atoms with E-state index in [0.29, 0.717) is 6.04 Å². The summed E-state index contributed by atoms with van der Waals surface area (Å²) in [5.74, 6) is 0.0826. The number of hydrogen-bond acceptors (Lipinski definition) is 2. The zero-order valence-corrected chi connectivity index (χ0v) is 14.7. The molecule has 1 saturated heterocycles. The van der Waals surface area contributed by atoms with Gasteiger partial charge < -0.3 is 4.98 Å². The molecule has 1 atom stereocenters. The van der Waals surface area contributed by atoms with Crippen molar-refractivity contribution < 1.29 is 4.79 Å². The van der Waals surface area contributed by atoms with Crippen LogP contribution in [0.5, 0.6) is 0 Å². The van der Waals surface area contributed by atoms with Gasteiger partial charge in [-0.25, -0.2) is 0 Å². The number of H-pyrrole nitrogens is 1. The van der Waals surface area contributed by atoms with Gasteiger partial charge in [-0.3, -0.25) is 9.69 Å². The lowest BCUT2D eigenvalue weighted by Gasteiger charge is -2.29. The first-order valence-electron chi connectivity index (χ1n) is 9.44. The van der Waals surface area contributed by atoms with Gasteiger partial charge in [0.2, 0.25) is 0 Å². The average molecular weight is 342 g/mol. The second kappa shape index (κ2) is 6.26. The van der Waals surface area contributed by atoms with Crippen LogP contribution < -0.4 is 0 Å². The van der Waals surface area contributed by atoms with Crippen molar-refractivity contribution in [2.75, 3.05) is 13.1 Å². The monoisotopic (exact) mass is 342 g/mol. The van der Waals surface area contributed by atoms with Gasteiger partial charge in [-0.15, -0.1) is 0 Å². The Bertz CT molecular complexity index is 999. The molecule has 0 amide bonds. The average Bonchev–Trinajstić information content (AvgIpc) is 3.33. The Morgan fingerprint density at radius 1 is 1.08 bits per heavy atom. The number of hydrogen-bond donors (Lipinski definition) is 1. The van der Waals surface area contributed by atoms with E-state index < -0.39 is 0 Å². The second-order valence-electron chi connectivity index (χ2n) is 7.38. The van der Waals surface area contributed by atoms with Crippen LogP contribution in [0.4, 0.5) is 0 Å². The summed E-state index contributed by atoms with van der Waals surface area (Å²) in [6.45, 7) is 2.29. The van der Waals surface area contributed by atoms with Crippen LogP contribution in [0, 0.1) is 0 Å². The van der Waals surface area contributed by atoms with Gasteiger partial charge in [-0.05, 0) is 49.6 Å². The highest BCUT2D eigenvalue weighted by Gasteiger charge is 2.28. The van der Waals surface area contributed by atoms with Crippen molar-refractivity contribution in [3.05, 3.63) is 77.5 Å². The molecule has 5 rings (SSSR count). The number of aromatic nitrogens is 1. The first-order valence-corrected chi connectivity index (χ1v) is 9.44. The molecule has 0 aliphatic carbocycles. The molecular weight excluding hydrogens is 320 g/mol. The molecule has 3 heterocycles. The number of carbonyl (C=O) groups is 1. The van der Waals surface area contributed by atoms with Crippen molar-refractivity contribution in [1.29, 1.82) is 0 Å². The molecule has 0 unspecified atom stereocenters. The molecule has 3 nitrogen and oxygen atoms in total. The van der Waals surface area contributed by atoms with E-state index in [-0.39, 0.29) is 5.78 Å². The molecule has 3 heteroatoms. The van der Waals surface area contributed by atoms with Crippen molar-refractivity contribution in [3.63, 3.8) is 0 Å². The SMILES string of the molecule is O=C(c1ccccc1)c1ccc2[nH]cc(C3=CCN4CCC[C@@H]4C3)c2c1. The van der Waals surface area contributed by atoms with Gasteiger partial charge in [-0.2, -0.15) is 0 Å². The lowest BCUT2D eigenvalue weighted by molar-refractivity contribution is 0.103. The molecule has 26 heavy (non-hydrogen) atoms. The van der Waals surface area contributed by atoms with Crippen LogP contribution in [0.1, 0.15) is 40.7 Å². The Labute approximate surface area is 153 Å². The van der Waals surface area contributed by atoms with Gasteiger partial charge in [0.25, 0.3) is 0 Å². The minimum absolute atomic E-state index is 0.0826. The standard InChI is InChI=1S/C23H22N2O/c26-23(16-5-2-1-3-6-16)18-8-9-22-20(14-18)21(15-24-22)17-10-12-25-11-4-7-19(25)13-17/h1-3,5-6,8-10,14-15,19,24H,4,7,11-13H2/t19-/m1/s1. The molecule has 0 bridgehead atoms. The highest BCUT2D eigenvalue weighted by atomic mass is 16.1. The molecule has 2 aromatic carbocycles. The molecule has 130 valence electrons. The third-order valence-corrected chi connectivity index (χ3v) is 5.85. The number of benzene rings is 2. The minimum atomic E-state index is 0.0826. The van der Waals surface area contributed by atoms with E-state index in [1.165, 1.54) is 30.5 Å². The van der Waals surface area contributed by atoms with E-state index in [9.17, 15) is 4.79 Å². The first-order chi connectivity index (χ1) is 12.8. The first kappa shape index (κ1) is 15.6. The Morgan fingerprint density at radius 3 is 2.85 bits per heavy atom. The fourth-order valence-electron chi connectivity index (χ4n) is 4.43. The maximum absolute atomic E-state index is 12.8. The third-order valence-electron chi connectivity index (χ3n) is 5.85. The van der Waals surface area contributed by atoms with Crippen molar-refractivity contribution in [3.8, 4) is 0 Å². The summed E-state index contributed by atoms with van der Waals surface area (Å²) < 4.78 is 0. The van der Waals surface area contributed by atoms with Gasteiger partial charge in [0.1, 0.15) is 0 Å². The van der Waals surface area contributed by atoms with Crippen LogP contribution in [-0.4, -0.2) is 34.8 Å². The van der Waals surface area contributed by atoms with Crippen LogP contribution in [-0.2, 0) is 0 Å². The van der Waals surface area contributed by atoms with E-state index in [1.807, 2.05) is 42.5 Å². The Hall–Kier alpha value is -2.65. The van der Waals surface area contributed by atoms with Crippen LogP contribution in [0.3, 0.4) is 0 Å². The molecule has 1 fully saturated rings. The Morgan fingerprint density at radius 2 is 1.96 bits per heavy atom. The molecule has 1 aromatic heterocycles. The predicted molar refractivity (Wildman–Crippen MR) is 105 cm³/mol. The summed E-state index contributed by atoms with van der Waals surface area (Å²) in [7, 11) is 0. The van der Waals surface area contributed by atoms with Gasteiger partial charge in [0.15, 0.2) is 5.78 Å². The molecule has 0 spiro atoms. The zero-order valence-electron chi connectivity index (χ0n) is 14.7. The number of nitrogens with one attached hydrogen (secondary N) is 1. The Kier molecular flexibility index (Phi) is 3.75. The smallest absolute Gasteiger partial charge is 0.193 e. The van der Waals surface area contributed by atoms with E-state index >= 15 is 0 Å². The van der Waals surface area contributed by atoms with E-state index in [4.69, 9.17) is 0 Å². The normalized spacial score (nSPS) is 20.2. The fourth-order valence-corrected chi connectivity index (χ4v) is 4.43. The van der Waals surface area contributed by atoms with Gasteiger partial charge in [0.05, 0.1) is 0 Å². The topological polar surface area (TPSA) is 36.1 Å². The molecule has 2 aliphatic heterocycles. The highest BCUT2D eigenvalue weighted by molar-refractivity contribution is 6.11. The van der Waals surface area contributed by atoms with Crippen molar-refractivity contribution >= 4 is 22.3 Å². The van der Waals surface area contributed by atoms with Crippen LogP contribution >= 0.6 is 0 Å². The van der Waals surface area contributed by atoms with E-state index in [1.54, 1.807) is 0 Å². The van der Waals surface area contributed by atoms with E-state index in [2.05, 4.69) is 28.2 Å². The molecule has 1 N–H and O–H groups in total. The quantitative estimate of drug-likeness (QED) is 0.703. The third kappa shape index (κ3) is 2.60. The minimum Gasteiger partial charge on any atom is -0.361 e. The van der Waals surface area contributed by atoms with Crippen LogP contribution in [0.2, 0.25) is 0 Å². The number of aromatic amines is 1. The number of rotatable bonds is 3.